The van der Waals surface area contributed by atoms with Gasteiger partial charge in [-0.15, -0.1) is 10.2 Å². The number of aryl methyl sites for hydroxylation is 1. The normalized spacial score (nSPS) is 12.3. The van der Waals surface area contributed by atoms with Crippen molar-refractivity contribution in [2.45, 2.75) is 25.4 Å². The SMILES string of the molecule is COc1ccc2c(ccn2CCC(=O)N[C@H](CCSC)c2nnc3ccccn23)c1. The summed E-state index contributed by atoms with van der Waals surface area (Å²) >= 11 is 1.75. The molecule has 0 aliphatic rings. The lowest BCUT2D eigenvalue weighted by molar-refractivity contribution is -0.122. The van der Waals surface area contributed by atoms with Crippen LogP contribution in [-0.4, -0.2) is 44.2 Å². The van der Waals surface area contributed by atoms with Gasteiger partial charge in [0.1, 0.15) is 5.75 Å². The van der Waals surface area contributed by atoms with E-state index in [1.807, 2.05) is 59.3 Å². The monoisotopic (exact) mass is 423 g/mol. The van der Waals surface area contributed by atoms with Gasteiger partial charge in [0.15, 0.2) is 11.5 Å². The molecule has 1 N–H and O–H groups in total. The van der Waals surface area contributed by atoms with Crippen molar-refractivity contribution >= 4 is 34.2 Å². The molecule has 3 aromatic heterocycles. The minimum Gasteiger partial charge on any atom is -0.497 e. The molecule has 156 valence electrons. The average Bonchev–Trinajstić information content (AvgIpc) is 3.38. The zero-order valence-corrected chi connectivity index (χ0v) is 17.9. The number of amides is 1. The maximum absolute atomic E-state index is 12.8. The summed E-state index contributed by atoms with van der Waals surface area (Å²) in [4.78, 5) is 12.8. The van der Waals surface area contributed by atoms with Crippen LogP contribution in [-0.2, 0) is 11.3 Å². The highest BCUT2D eigenvalue weighted by Gasteiger charge is 2.20. The van der Waals surface area contributed by atoms with Gasteiger partial charge in [-0.2, -0.15) is 11.8 Å². The molecule has 0 unspecified atom stereocenters. The van der Waals surface area contributed by atoms with Crippen molar-refractivity contribution in [1.82, 2.24) is 24.5 Å². The van der Waals surface area contributed by atoms with Crippen molar-refractivity contribution in [1.29, 1.82) is 0 Å². The molecule has 7 nitrogen and oxygen atoms in total. The number of carbonyl (C=O) groups is 1. The summed E-state index contributed by atoms with van der Waals surface area (Å²) in [5, 5.41) is 12.8. The fourth-order valence-electron chi connectivity index (χ4n) is 3.59. The van der Waals surface area contributed by atoms with Gasteiger partial charge in [-0.1, -0.05) is 6.07 Å². The molecule has 1 aromatic carbocycles. The van der Waals surface area contributed by atoms with E-state index in [2.05, 4.69) is 26.3 Å². The number of hydrogen-bond acceptors (Lipinski definition) is 5. The van der Waals surface area contributed by atoms with Crippen LogP contribution >= 0.6 is 11.8 Å². The molecule has 8 heteroatoms. The number of fused-ring (bicyclic) bond motifs is 2. The molecule has 0 bridgehead atoms. The van der Waals surface area contributed by atoms with Gasteiger partial charge in [0.05, 0.1) is 13.2 Å². The summed E-state index contributed by atoms with van der Waals surface area (Å²) in [6, 6.07) is 13.6. The van der Waals surface area contributed by atoms with Crippen LogP contribution in [0.5, 0.6) is 5.75 Å². The van der Waals surface area contributed by atoms with Gasteiger partial charge in [-0.3, -0.25) is 9.20 Å². The number of nitrogens with one attached hydrogen (secondary N) is 1. The second-order valence-corrected chi connectivity index (χ2v) is 8.06. The van der Waals surface area contributed by atoms with E-state index in [1.165, 1.54) is 0 Å². The lowest BCUT2D eigenvalue weighted by Crippen LogP contribution is -2.31. The number of rotatable bonds is 9. The van der Waals surface area contributed by atoms with E-state index in [0.29, 0.717) is 13.0 Å². The van der Waals surface area contributed by atoms with E-state index in [1.54, 1.807) is 18.9 Å². The summed E-state index contributed by atoms with van der Waals surface area (Å²) in [5.41, 5.74) is 1.87. The average molecular weight is 424 g/mol. The zero-order chi connectivity index (χ0) is 20.9. The fourth-order valence-corrected chi connectivity index (χ4v) is 4.06. The van der Waals surface area contributed by atoms with E-state index < -0.39 is 0 Å². The smallest absolute Gasteiger partial charge is 0.222 e. The third kappa shape index (κ3) is 4.28. The molecule has 0 saturated carbocycles. The number of benzene rings is 1. The molecule has 0 radical (unpaired) electrons. The van der Waals surface area contributed by atoms with Crippen molar-refractivity contribution in [3.05, 3.63) is 60.7 Å². The molecule has 0 aliphatic carbocycles. The fraction of sp³-hybridized carbons (Fsp3) is 0.318. The number of carbonyl (C=O) groups excluding carboxylic acids is 1. The highest BCUT2D eigenvalue weighted by Crippen LogP contribution is 2.22. The molecule has 0 aliphatic heterocycles. The Hall–Kier alpha value is -3.00. The van der Waals surface area contributed by atoms with Gasteiger partial charge in [-0.25, -0.2) is 0 Å². The Morgan fingerprint density at radius 2 is 2.10 bits per heavy atom. The van der Waals surface area contributed by atoms with Crippen LogP contribution < -0.4 is 10.1 Å². The van der Waals surface area contributed by atoms with Crippen LogP contribution in [0.2, 0.25) is 0 Å². The summed E-state index contributed by atoms with van der Waals surface area (Å²) < 4.78 is 9.32. The molecule has 0 fully saturated rings. The van der Waals surface area contributed by atoms with Crippen LogP contribution in [0.15, 0.2) is 54.9 Å². The third-order valence-corrected chi connectivity index (χ3v) is 5.80. The number of hydrogen-bond donors (Lipinski definition) is 1. The lowest BCUT2D eigenvalue weighted by atomic mass is 10.2. The van der Waals surface area contributed by atoms with Gasteiger partial charge in [0.2, 0.25) is 5.91 Å². The first-order valence-electron chi connectivity index (χ1n) is 9.90. The lowest BCUT2D eigenvalue weighted by Gasteiger charge is -2.17. The van der Waals surface area contributed by atoms with E-state index in [0.717, 1.165) is 40.3 Å². The number of pyridine rings is 1. The summed E-state index contributed by atoms with van der Waals surface area (Å²) in [6.45, 7) is 0.609. The summed E-state index contributed by atoms with van der Waals surface area (Å²) in [7, 11) is 1.66. The molecule has 4 rings (SSSR count). The predicted octanol–water partition coefficient (Wildman–Crippen LogP) is 3.69. The molecular formula is C22H25N5O2S. The van der Waals surface area contributed by atoms with Crippen LogP contribution in [0.4, 0.5) is 0 Å². The highest BCUT2D eigenvalue weighted by molar-refractivity contribution is 7.98. The zero-order valence-electron chi connectivity index (χ0n) is 17.1. The van der Waals surface area contributed by atoms with Crippen molar-refractivity contribution in [2.24, 2.45) is 0 Å². The van der Waals surface area contributed by atoms with Gasteiger partial charge in [0.25, 0.3) is 0 Å². The van der Waals surface area contributed by atoms with Crippen molar-refractivity contribution in [3.63, 3.8) is 0 Å². The Bertz CT molecular complexity index is 1150. The van der Waals surface area contributed by atoms with E-state index in [-0.39, 0.29) is 11.9 Å². The van der Waals surface area contributed by atoms with E-state index in [4.69, 9.17) is 4.74 Å². The van der Waals surface area contributed by atoms with Gasteiger partial charge in [0, 0.05) is 36.3 Å². The third-order valence-electron chi connectivity index (χ3n) is 5.16. The maximum atomic E-state index is 12.8. The Balaban J connectivity index is 1.45. The molecule has 3 heterocycles. The second kappa shape index (κ2) is 9.21. The van der Waals surface area contributed by atoms with Gasteiger partial charge >= 0.3 is 0 Å². The minimum absolute atomic E-state index is 0.00384. The molecule has 0 spiro atoms. The highest BCUT2D eigenvalue weighted by atomic mass is 32.2. The Morgan fingerprint density at radius 1 is 1.20 bits per heavy atom. The topological polar surface area (TPSA) is 73.4 Å². The van der Waals surface area contributed by atoms with Crippen molar-refractivity contribution < 1.29 is 9.53 Å². The molecule has 30 heavy (non-hydrogen) atoms. The maximum Gasteiger partial charge on any atom is 0.222 e. The first kappa shape index (κ1) is 20.3. The Morgan fingerprint density at radius 3 is 2.93 bits per heavy atom. The molecule has 0 saturated heterocycles. The first-order chi connectivity index (χ1) is 14.7. The van der Waals surface area contributed by atoms with E-state index >= 15 is 0 Å². The second-order valence-electron chi connectivity index (χ2n) is 7.07. The van der Waals surface area contributed by atoms with Crippen LogP contribution in [0.1, 0.15) is 24.7 Å². The molecular weight excluding hydrogens is 398 g/mol. The van der Waals surface area contributed by atoms with E-state index in [9.17, 15) is 4.79 Å². The minimum atomic E-state index is -0.173. The number of thioether (sulfide) groups is 1. The number of ether oxygens (including phenoxy) is 1. The predicted molar refractivity (Wildman–Crippen MR) is 120 cm³/mol. The Labute approximate surface area is 179 Å². The van der Waals surface area contributed by atoms with Crippen LogP contribution in [0, 0.1) is 0 Å². The van der Waals surface area contributed by atoms with Crippen molar-refractivity contribution in [2.75, 3.05) is 19.1 Å². The molecule has 4 aromatic rings. The largest absolute Gasteiger partial charge is 0.497 e. The molecule has 1 atom stereocenters. The summed E-state index contributed by atoms with van der Waals surface area (Å²) in [6.07, 6.45) is 7.20. The quantitative estimate of drug-likeness (QED) is 0.444. The van der Waals surface area contributed by atoms with Crippen molar-refractivity contribution in [3.8, 4) is 5.75 Å². The molecule has 1 amide bonds. The van der Waals surface area contributed by atoms with Crippen LogP contribution in [0.3, 0.4) is 0 Å². The summed E-state index contributed by atoms with van der Waals surface area (Å²) in [5.74, 6) is 2.53. The Kier molecular flexibility index (Phi) is 6.23. The van der Waals surface area contributed by atoms with Gasteiger partial charge in [-0.05, 0) is 54.8 Å². The number of nitrogens with zero attached hydrogens (tertiary/aromatic N) is 4. The number of methoxy groups -OCH3 is 1. The number of aromatic nitrogens is 4. The standard InChI is InChI=1S/C22H25N5O2S/c1-29-17-6-7-19-16(15-17)8-12-26(19)13-9-21(28)23-18(10-14-30-2)22-25-24-20-5-3-4-11-27(20)22/h3-8,11-12,15,18H,9-10,13-14H2,1-2H3,(H,23,28)/t18-/m1/s1. The van der Waals surface area contributed by atoms with Crippen LogP contribution in [0.25, 0.3) is 16.6 Å². The first-order valence-corrected chi connectivity index (χ1v) is 11.3. The van der Waals surface area contributed by atoms with Gasteiger partial charge < -0.3 is 14.6 Å².